The molecule has 1 aromatic heterocycles. The van der Waals surface area contributed by atoms with E-state index in [4.69, 9.17) is 11.6 Å². The number of anilines is 1. The predicted molar refractivity (Wildman–Crippen MR) is 85.5 cm³/mol. The summed E-state index contributed by atoms with van der Waals surface area (Å²) in [5, 5.41) is 4.10. The summed E-state index contributed by atoms with van der Waals surface area (Å²) in [6.45, 7) is 2.07. The van der Waals surface area contributed by atoms with Crippen molar-refractivity contribution in [3.8, 4) is 0 Å². The smallest absolute Gasteiger partial charge is 0.192 e. The van der Waals surface area contributed by atoms with E-state index < -0.39 is 9.84 Å². The molecule has 0 radical (unpaired) electrons. The first kappa shape index (κ1) is 15.8. The Balaban J connectivity index is 2.19. The van der Waals surface area contributed by atoms with Gasteiger partial charge in [0.1, 0.15) is 0 Å². The second-order valence-electron chi connectivity index (χ2n) is 4.82. The maximum Gasteiger partial charge on any atom is 0.192 e. The van der Waals surface area contributed by atoms with Crippen molar-refractivity contribution >= 4 is 27.1 Å². The Bertz CT molecular complexity index is 715. The minimum atomic E-state index is -3.27. The zero-order valence-electron chi connectivity index (χ0n) is 11.9. The largest absolute Gasteiger partial charge is 0.377 e. The van der Waals surface area contributed by atoms with Crippen molar-refractivity contribution in [1.82, 2.24) is 4.98 Å². The van der Waals surface area contributed by atoms with Crippen LogP contribution in [0.2, 0.25) is 5.02 Å². The third kappa shape index (κ3) is 4.19. The zero-order valence-corrected chi connectivity index (χ0v) is 13.4. The molecule has 1 atom stereocenters. The third-order valence-electron chi connectivity index (χ3n) is 3.12. The molecule has 112 valence electrons. The molecule has 0 aliphatic rings. The number of hydrogen-bond donors (Lipinski definition) is 1. The molecule has 6 heteroatoms. The Hall–Kier alpha value is -1.59. The highest BCUT2D eigenvalue weighted by Gasteiger charge is 2.12. The molecule has 0 spiro atoms. The van der Waals surface area contributed by atoms with Crippen molar-refractivity contribution in [3.63, 3.8) is 0 Å². The topological polar surface area (TPSA) is 59.1 Å². The Morgan fingerprint density at radius 3 is 2.57 bits per heavy atom. The summed E-state index contributed by atoms with van der Waals surface area (Å²) >= 11 is 6.01. The lowest BCUT2D eigenvalue weighted by Gasteiger charge is -2.19. The number of sulfone groups is 1. The van der Waals surface area contributed by atoms with Gasteiger partial charge in [-0.1, -0.05) is 30.7 Å². The van der Waals surface area contributed by atoms with Crippen LogP contribution in [0.3, 0.4) is 0 Å². The van der Waals surface area contributed by atoms with E-state index in [0.717, 1.165) is 23.9 Å². The minimum Gasteiger partial charge on any atom is -0.377 e. The number of nitrogens with one attached hydrogen (secondary N) is 1. The van der Waals surface area contributed by atoms with Crippen LogP contribution >= 0.6 is 11.6 Å². The fraction of sp³-hybridized carbons (Fsp3) is 0.267. The molecular weight excluding hydrogens is 308 g/mol. The summed E-state index contributed by atoms with van der Waals surface area (Å²) in [5.41, 5.74) is 1.85. The molecule has 0 bridgehead atoms. The van der Waals surface area contributed by atoms with Crippen molar-refractivity contribution in [2.24, 2.45) is 0 Å². The van der Waals surface area contributed by atoms with Crippen molar-refractivity contribution in [2.75, 3.05) is 11.6 Å². The van der Waals surface area contributed by atoms with E-state index >= 15 is 0 Å². The average Bonchev–Trinajstić information content (AvgIpc) is 2.44. The van der Waals surface area contributed by atoms with Crippen LogP contribution in [0.5, 0.6) is 0 Å². The van der Waals surface area contributed by atoms with Crippen molar-refractivity contribution < 1.29 is 8.42 Å². The molecule has 1 heterocycles. The molecule has 0 saturated carbocycles. The second-order valence-corrected chi connectivity index (χ2v) is 7.22. The second kappa shape index (κ2) is 6.45. The van der Waals surface area contributed by atoms with E-state index in [0.29, 0.717) is 5.02 Å². The van der Waals surface area contributed by atoms with Gasteiger partial charge in [-0.25, -0.2) is 13.4 Å². The summed E-state index contributed by atoms with van der Waals surface area (Å²) in [4.78, 5) is 3.97. The normalized spacial score (nSPS) is 12.9. The van der Waals surface area contributed by atoms with Crippen molar-refractivity contribution in [3.05, 3.63) is 53.2 Å². The number of aromatic nitrogens is 1. The van der Waals surface area contributed by atoms with Crippen LogP contribution in [0.1, 0.15) is 24.9 Å². The summed E-state index contributed by atoms with van der Waals surface area (Å²) in [5.74, 6) is 0. The fourth-order valence-electron chi connectivity index (χ4n) is 2.03. The van der Waals surface area contributed by atoms with Gasteiger partial charge >= 0.3 is 0 Å². The zero-order chi connectivity index (χ0) is 15.5. The van der Waals surface area contributed by atoms with Crippen molar-refractivity contribution in [2.45, 2.75) is 24.4 Å². The standard InChI is InChI=1S/C15H17ClN2O2S/c1-3-14(11-5-4-6-12(16)9-11)18-13-7-8-15(17-10-13)21(2,19)20/h4-10,14,18H,3H2,1-2H3. The maximum absolute atomic E-state index is 11.4. The monoisotopic (exact) mass is 324 g/mol. The Morgan fingerprint density at radius 1 is 1.29 bits per heavy atom. The van der Waals surface area contributed by atoms with Gasteiger partial charge in [0.05, 0.1) is 17.9 Å². The molecule has 0 fully saturated rings. The van der Waals surface area contributed by atoms with Crippen LogP contribution < -0.4 is 5.32 Å². The van der Waals surface area contributed by atoms with Crippen LogP contribution in [0, 0.1) is 0 Å². The Labute approximate surface area is 130 Å². The predicted octanol–water partition coefficient (Wildman–Crippen LogP) is 3.70. The van der Waals surface area contributed by atoms with Gasteiger partial charge in [0.25, 0.3) is 0 Å². The van der Waals surface area contributed by atoms with Crippen LogP contribution in [0.15, 0.2) is 47.6 Å². The van der Waals surface area contributed by atoms with Gasteiger partial charge in [-0.05, 0) is 36.2 Å². The van der Waals surface area contributed by atoms with E-state index in [-0.39, 0.29) is 11.1 Å². The Kier molecular flexibility index (Phi) is 4.85. The van der Waals surface area contributed by atoms with Gasteiger partial charge in [-0.2, -0.15) is 0 Å². The summed E-state index contributed by atoms with van der Waals surface area (Å²) in [6.07, 6.45) is 3.54. The first-order valence-corrected chi connectivity index (χ1v) is 8.85. The maximum atomic E-state index is 11.4. The highest BCUT2D eigenvalue weighted by molar-refractivity contribution is 7.90. The highest BCUT2D eigenvalue weighted by Crippen LogP contribution is 2.24. The number of benzene rings is 1. The molecule has 1 N–H and O–H groups in total. The van der Waals surface area contributed by atoms with Gasteiger partial charge in [-0.15, -0.1) is 0 Å². The molecule has 2 rings (SSSR count). The molecular formula is C15H17ClN2O2S. The first-order valence-electron chi connectivity index (χ1n) is 6.58. The fourth-order valence-corrected chi connectivity index (χ4v) is 2.79. The molecule has 1 unspecified atom stereocenters. The number of hydrogen-bond acceptors (Lipinski definition) is 4. The van der Waals surface area contributed by atoms with E-state index in [1.165, 1.54) is 12.3 Å². The average molecular weight is 325 g/mol. The molecule has 0 aliphatic heterocycles. The third-order valence-corrected chi connectivity index (χ3v) is 4.35. The molecule has 0 amide bonds. The number of halogens is 1. The van der Waals surface area contributed by atoms with Gasteiger partial charge in [0.2, 0.25) is 0 Å². The SMILES string of the molecule is CCC(Nc1ccc(S(C)(=O)=O)nc1)c1cccc(Cl)c1. The van der Waals surface area contributed by atoms with Crippen LogP contribution in [-0.2, 0) is 9.84 Å². The van der Waals surface area contributed by atoms with E-state index in [1.54, 1.807) is 6.07 Å². The summed E-state index contributed by atoms with van der Waals surface area (Å²) in [6, 6.07) is 11.0. The van der Waals surface area contributed by atoms with Crippen LogP contribution in [0.25, 0.3) is 0 Å². The Morgan fingerprint density at radius 2 is 2.05 bits per heavy atom. The first-order chi connectivity index (χ1) is 9.90. The number of pyridine rings is 1. The minimum absolute atomic E-state index is 0.0730. The van der Waals surface area contributed by atoms with Gasteiger partial charge in [0.15, 0.2) is 14.9 Å². The quantitative estimate of drug-likeness (QED) is 0.911. The summed E-state index contributed by atoms with van der Waals surface area (Å²) in [7, 11) is -3.27. The van der Waals surface area contributed by atoms with Gasteiger partial charge < -0.3 is 5.32 Å². The van der Waals surface area contributed by atoms with E-state index in [2.05, 4.69) is 17.2 Å². The molecule has 0 aliphatic carbocycles. The van der Waals surface area contributed by atoms with Gasteiger partial charge in [0, 0.05) is 11.3 Å². The van der Waals surface area contributed by atoms with Gasteiger partial charge in [-0.3, -0.25) is 0 Å². The lowest BCUT2D eigenvalue weighted by Crippen LogP contribution is -2.10. The lowest BCUT2D eigenvalue weighted by molar-refractivity contribution is 0.598. The van der Waals surface area contributed by atoms with Crippen LogP contribution in [-0.4, -0.2) is 19.7 Å². The molecule has 4 nitrogen and oxygen atoms in total. The molecule has 2 aromatic rings. The molecule has 21 heavy (non-hydrogen) atoms. The highest BCUT2D eigenvalue weighted by atomic mass is 35.5. The number of rotatable bonds is 5. The lowest BCUT2D eigenvalue weighted by atomic mass is 10.0. The van der Waals surface area contributed by atoms with E-state index in [9.17, 15) is 8.42 Å². The van der Waals surface area contributed by atoms with Crippen molar-refractivity contribution in [1.29, 1.82) is 0 Å². The molecule has 1 aromatic carbocycles. The van der Waals surface area contributed by atoms with E-state index in [1.807, 2.05) is 24.3 Å². The molecule has 0 saturated heterocycles. The van der Waals surface area contributed by atoms with Crippen LogP contribution in [0.4, 0.5) is 5.69 Å². The number of nitrogens with zero attached hydrogens (tertiary/aromatic N) is 1. The summed E-state index contributed by atoms with van der Waals surface area (Å²) < 4.78 is 22.8.